The van der Waals surface area contributed by atoms with Crippen molar-refractivity contribution in [3.63, 3.8) is 0 Å². The Hall–Kier alpha value is -1.46. The summed E-state index contributed by atoms with van der Waals surface area (Å²) in [7, 11) is 0. The number of hydrogen-bond acceptors (Lipinski definition) is 4. The van der Waals surface area contributed by atoms with Gasteiger partial charge in [-0.15, -0.1) is 0 Å². The normalized spacial score (nSPS) is 31.6. The van der Waals surface area contributed by atoms with Gasteiger partial charge in [0.05, 0.1) is 11.7 Å². The zero-order chi connectivity index (χ0) is 10.2. The summed E-state index contributed by atoms with van der Waals surface area (Å²) in [6.45, 7) is 1.89. The second-order valence-electron chi connectivity index (χ2n) is 3.71. The Balaban J connectivity index is 2.36. The fourth-order valence-corrected chi connectivity index (χ4v) is 1.39. The number of nitrogens with zero attached hydrogens (tertiary/aromatic N) is 2. The molecule has 0 bridgehead atoms. The molecule has 2 unspecified atom stereocenters. The highest BCUT2D eigenvalue weighted by atomic mass is 15.3. The maximum atomic E-state index is 6.01. The average Bonchev–Trinajstić information content (AvgIpc) is 2.62. The number of rotatable bonds is 1. The first-order valence-corrected chi connectivity index (χ1v) is 4.41. The van der Waals surface area contributed by atoms with Crippen molar-refractivity contribution in [2.45, 2.75) is 18.5 Å². The predicted octanol–water partition coefficient (Wildman–Crippen LogP) is -0.197. The van der Waals surface area contributed by atoms with E-state index in [1.165, 1.54) is 0 Å². The summed E-state index contributed by atoms with van der Waals surface area (Å²) in [6.07, 6.45) is 7.36. The molecule has 1 aromatic rings. The van der Waals surface area contributed by atoms with Gasteiger partial charge in [-0.1, -0.05) is 18.2 Å². The van der Waals surface area contributed by atoms with Crippen LogP contribution in [0.3, 0.4) is 0 Å². The Morgan fingerprint density at radius 3 is 2.93 bits per heavy atom. The molecule has 1 heterocycles. The van der Waals surface area contributed by atoms with Crippen LogP contribution in [0.2, 0.25) is 0 Å². The number of allylic oxidation sites excluding steroid dienone is 2. The Bertz CT molecular complexity index is 374. The summed E-state index contributed by atoms with van der Waals surface area (Å²) in [6, 6.07) is -0.154. The van der Waals surface area contributed by atoms with Gasteiger partial charge in [0, 0.05) is 11.6 Å². The molecule has 0 aliphatic heterocycles. The van der Waals surface area contributed by atoms with Crippen molar-refractivity contribution in [1.82, 2.24) is 15.4 Å². The molecule has 0 amide bonds. The zero-order valence-electron chi connectivity index (χ0n) is 7.94. The van der Waals surface area contributed by atoms with Crippen LogP contribution in [-0.4, -0.2) is 27.0 Å². The second kappa shape index (κ2) is 3.04. The minimum atomic E-state index is -0.525. The molecule has 0 saturated heterocycles. The maximum Gasteiger partial charge on any atom is 0.112 e. The summed E-state index contributed by atoms with van der Waals surface area (Å²) in [5, 5.41) is 10.3. The zero-order valence-corrected chi connectivity index (χ0v) is 7.94. The van der Waals surface area contributed by atoms with E-state index in [-0.39, 0.29) is 6.04 Å². The lowest BCUT2D eigenvalue weighted by Crippen LogP contribution is -2.51. The monoisotopic (exact) mass is 191 g/mol. The van der Waals surface area contributed by atoms with E-state index < -0.39 is 5.54 Å². The average molecular weight is 191 g/mol. The van der Waals surface area contributed by atoms with Gasteiger partial charge in [-0.25, -0.2) is 0 Å². The molecule has 5 nitrogen and oxygen atoms in total. The van der Waals surface area contributed by atoms with Crippen molar-refractivity contribution in [1.29, 1.82) is 0 Å². The van der Waals surface area contributed by atoms with Crippen LogP contribution in [-0.2, 0) is 0 Å². The van der Waals surface area contributed by atoms with E-state index >= 15 is 0 Å². The van der Waals surface area contributed by atoms with Crippen molar-refractivity contribution in [3.05, 3.63) is 30.1 Å². The smallest absolute Gasteiger partial charge is 0.112 e. The Morgan fingerprint density at radius 2 is 2.36 bits per heavy atom. The Labute approximate surface area is 81.9 Å². The highest BCUT2D eigenvalue weighted by molar-refractivity contribution is 5.74. The van der Waals surface area contributed by atoms with Gasteiger partial charge in [0.1, 0.15) is 5.69 Å². The van der Waals surface area contributed by atoms with Gasteiger partial charge in [0.15, 0.2) is 0 Å². The highest BCUT2D eigenvalue weighted by Crippen LogP contribution is 2.23. The lowest BCUT2D eigenvalue weighted by Gasteiger charge is -2.29. The van der Waals surface area contributed by atoms with E-state index in [0.29, 0.717) is 0 Å². The van der Waals surface area contributed by atoms with Crippen molar-refractivity contribution in [3.8, 4) is 0 Å². The van der Waals surface area contributed by atoms with Crippen LogP contribution in [0.5, 0.6) is 0 Å². The van der Waals surface area contributed by atoms with Crippen LogP contribution < -0.4 is 11.5 Å². The summed E-state index contributed by atoms with van der Waals surface area (Å²) in [4.78, 5) is 0. The molecule has 0 aromatic carbocycles. The fourth-order valence-electron chi connectivity index (χ4n) is 1.39. The summed E-state index contributed by atoms with van der Waals surface area (Å²) in [5.41, 5.74) is 13.0. The molecule has 1 aromatic heterocycles. The molecule has 0 fully saturated rings. The van der Waals surface area contributed by atoms with Gasteiger partial charge in [-0.3, -0.25) is 0 Å². The van der Waals surface area contributed by atoms with Crippen LogP contribution in [0.4, 0.5) is 0 Å². The van der Waals surface area contributed by atoms with Crippen molar-refractivity contribution in [2.24, 2.45) is 11.5 Å². The van der Waals surface area contributed by atoms with E-state index in [2.05, 4.69) is 15.4 Å². The van der Waals surface area contributed by atoms with Gasteiger partial charge >= 0.3 is 0 Å². The second-order valence-corrected chi connectivity index (χ2v) is 3.71. The van der Waals surface area contributed by atoms with Crippen LogP contribution >= 0.6 is 0 Å². The quantitative estimate of drug-likeness (QED) is 0.573. The van der Waals surface area contributed by atoms with Crippen molar-refractivity contribution in [2.75, 3.05) is 0 Å². The summed E-state index contributed by atoms with van der Waals surface area (Å²) in [5.74, 6) is 0. The minimum Gasteiger partial charge on any atom is -0.323 e. The molecule has 0 radical (unpaired) electrons. The molecule has 14 heavy (non-hydrogen) atoms. The lowest BCUT2D eigenvalue weighted by atomic mass is 9.86. The molecule has 2 atom stereocenters. The van der Waals surface area contributed by atoms with Gasteiger partial charge in [0.25, 0.3) is 0 Å². The van der Waals surface area contributed by atoms with Crippen LogP contribution in [0.15, 0.2) is 24.4 Å². The van der Waals surface area contributed by atoms with Crippen LogP contribution in [0.25, 0.3) is 5.57 Å². The largest absolute Gasteiger partial charge is 0.323 e. The van der Waals surface area contributed by atoms with Gasteiger partial charge in [-0.2, -0.15) is 15.4 Å². The third kappa shape index (κ3) is 1.47. The van der Waals surface area contributed by atoms with E-state index in [1.54, 1.807) is 6.20 Å². The molecule has 0 saturated carbocycles. The summed E-state index contributed by atoms with van der Waals surface area (Å²) < 4.78 is 0. The number of nitrogens with two attached hydrogens (primary N) is 2. The first-order valence-electron chi connectivity index (χ1n) is 4.41. The summed E-state index contributed by atoms with van der Waals surface area (Å²) >= 11 is 0. The van der Waals surface area contributed by atoms with E-state index in [9.17, 15) is 0 Å². The molecule has 5 N–H and O–H groups in total. The molecule has 74 valence electrons. The third-order valence-electron chi connectivity index (χ3n) is 2.38. The van der Waals surface area contributed by atoms with Crippen molar-refractivity contribution >= 4 is 5.57 Å². The number of aromatic nitrogens is 3. The SMILES string of the molecule is CC1(N)C=C(c2cn[nH]n2)C=CC1N. The van der Waals surface area contributed by atoms with Crippen LogP contribution in [0, 0.1) is 0 Å². The molecular weight excluding hydrogens is 178 g/mol. The van der Waals surface area contributed by atoms with Crippen LogP contribution in [0.1, 0.15) is 12.6 Å². The maximum absolute atomic E-state index is 6.01. The number of aromatic amines is 1. The standard InChI is InChI=1S/C9H13N5/c1-9(11)4-6(2-3-8(9)10)7-5-12-14-13-7/h2-5,8H,10-11H2,1H3,(H,12,13,14). The molecule has 1 aliphatic rings. The predicted molar refractivity (Wildman–Crippen MR) is 54.1 cm³/mol. The van der Waals surface area contributed by atoms with E-state index in [0.717, 1.165) is 11.3 Å². The lowest BCUT2D eigenvalue weighted by molar-refractivity contribution is 0.516. The Kier molecular flexibility index (Phi) is 1.98. The molecule has 2 rings (SSSR count). The van der Waals surface area contributed by atoms with Gasteiger partial charge in [-0.05, 0) is 6.92 Å². The van der Waals surface area contributed by atoms with E-state index in [4.69, 9.17) is 11.5 Å². The van der Waals surface area contributed by atoms with E-state index in [1.807, 2.05) is 25.2 Å². The molecule has 1 aliphatic carbocycles. The first kappa shape index (κ1) is 9.11. The Morgan fingerprint density at radius 1 is 1.57 bits per heavy atom. The minimum absolute atomic E-state index is 0.154. The van der Waals surface area contributed by atoms with Gasteiger partial charge < -0.3 is 11.5 Å². The molecule has 5 heteroatoms. The first-order chi connectivity index (χ1) is 6.59. The number of H-pyrrole nitrogens is 1. The van der Waals surface area contributed by atoms with Crippen molar-refractivity contribution < 1.29 is 0 Å². The van der Waals surface area contributed by atoms with Gasteiger partial charge in [0.2, 0.25) is 0 Å². The topological polar surface area (TPSA) is 93.6 Å². The number of hydrogen-bond donors (Lipinski definition) is 3. The number of nitrogens with one attached hydrogen (secondary N) is 1. The highest BCUT2D eigenvalue weighted by Gasteiger charge is 2.26. The fraction of sp³-hybridized carbons (Fsp3) is 0.333. The third-order valence-corrected chi connectivity index (χ3v) is 2.38. The molecular formula is C9H13N5. The molecule has 0 spiro atoms.